The lowest BCUT2D eigenvalue weighted by atomic mass is 9.81. The highest BCUT2D eigenvalue weighted by molar-refractivity contribution is 5.86. The van der Waals surface area contributed by atoms with Gasteiger partial charge in [-0.3, -0.25) is 4.79 Å². The highest BCUT2D eigenvalue weighted by Crippen LogP contribution is 2.25. The molecule has 1 atom stereocenters. The number of allylic oxidation sites excluding steroid dienone is 1. The van der Waals surface area contributed by atoms with Crippen molar-refractivity contribution in [2.75, 3.05) is 0 Å². The summed E-state index contributed by atoms with van der Waals surface area (Å²) < 4.78 is 0. The largest absolute Gasteiger partial charge is 0.299 e. The van der Waals surface area contributed by atoms with Crippen molar-refractivity contribution in [3.05, 3.63) is 12.7 Å². The molecule has 0 aromatic heterocycles. The van der Waals surface area contributed by atoms with Crippen molar-refractivity contribution in [1.29, 1.82) is 0 Å². The monoisotopic (exact) mass is 110 g/mol. The SMILES string of the molecule is C=CC[C@H]1CCC1=O. The van der Waals surface area contributed by atoms with Gasteiger partial charge < -0.3 is 0 Å². The highest BCUT2D eigenvalue weighted by Gasteiger charge is 2.25. The fourth-order valence-corrected chi connectivity index (χ4v) is 0.917. The molecule has 0 aliphatic heterocycles. The first-order valence-corrected chi connectivity index (χ1v) is 2.98. The molecule has 0 amide bonds. The first kappa shape index (κ1) is 5.54. The number of hydrogen-bond acceptors (Lipinski definition) is 1. The summed E-state index contributed by atoms with van der Waals surface area (Å²) in [6.07, 6.45) is 4.60. The lowest BCUT2D eigenvalue weighted by molar-refractivity contribution is -0.128. The second-order valence-electron chi connectivity index (χ2n) is 2.23. The van der Waals surface area contributed by atoms with Crippen LogP contribution in [0, 0.1) is 5.92 Å². The number of carbonyl (C=O) groups excluding carboxylic acids is 1. The molecule has 8 heavy (non-hydrogen) atoms. The molecule has 1 fully saturated rings. The molecule has 0 unspecified atom stereocenters. The molecule has 0 radical (unpaired) electrons. The van der Waals surface area contributed by atoms with Crippen molar-refractivity contribution in [1.82, 2.24) is 0 Å². The van der Waals surface area contributed by atoms with Gasteiger partial charge in [-0.2, -0.15) is 0 Å². The van der Waals surface area contributed by atoms with Crippen LogP contribution in [-0.4, -0.2) is 5.78 Å². The summed E-state index contributed by atoms with van der Waals surface area (Å²) in [6.45, 7) is 3.56. The first-order valence-electron chi connectivity index (χ1n) is 2.98. The molecule has 1 heteroatoms. The lowest BCUT2D eigenvalue weighted by Gasteiger charge is -2.21. The van der Waals surface area contributed by atoms with E-state index in [0.29, 0.717) is 11.7 Å². The van der Waals surface area contributed by atoms with Crippen LogP contribution in [0.5, 0.6) is 0 Å². The standard InChI is InChI=1S/C7H10O/c1-2-3-6-4-5-7(6)8/h2,6H,1,3-5H2/t6-/m0/s1. The van der Waals surface area contributed by atoms with Crippen molar-refractivity contribution in [2.24, 2.45) is 5.92 Å². The van der Waals surface area contributed by atoms with Gasteiger partial charge in [-0.1, -0.05) is 6.08 Å². The molecule has 0 heterocycles. The normalized spacial score (nSPS) is 27.0. The molecule has 1 aliphatic carbocycles. The van der Waals surface area contributed by atoms with Crippen LogP contribution in [-0.2, 0) is 4.79 Å². The van der Waals surface area contributed by atoms with Crippen molar-refractivity contribution in [3.63, 3.8) is 0 Å². The Hall–Kier alpha value is -0.590. The zero-order valence-corrected chi connectivity index (χ0v) is 4.89. The Balaban J connectivity index is 2.26. The van der Waals surface area contributed by atoms with E-state index in [4.69, 9.17) is 0 Å². The summed E-state index contributed by atoms with van der Waals surface area (Å²) in [7, 11) is 0. The van der Waals surface area contributed by atoms with Gasteiger partial charge in [0.05, 0.1) is 0 Å². The number of rotatable bonds is 2. The van der Waals surface area contributed by atoms with Gasteiger partial charge in [0.25, 0.3) is 0 Å². The average Bonchev–Trinajstić information content (AvgIpc) is 1.79. The molecule has 0 N–H and O–H groups in total. The first-order chi connectivity index (χ1) is 3.84. The van der Waals surface area contributed by atoms with Crippen LogP contribution in [0.2, 0.25) is 0 Å². The molecule has 0 aromatic carbocycles. The molecule has 1 saturated carbocycles. The van der Waals surface area contributed by atoms with Crippen LogP contribution in [0.3, 0.4) is 0 Å². The van der Waals surface area contributed by atoms with Gasteiger partial charge in [-0.15, -0.1) is 6.58 Å². The lowest BCUT2D eigenvalue weighted by Crippen LogP contribution is -2.24. The number of carbonyl (C=O) groups is 1. The minimum absolute atomic E-state index is 0.340. The molecule has 0 saturated heterocycles. The van der Waals surface area contributed by atoms with Crippen LogP contribution < -0.4 is 0 Å². The molecule has 0 aromatic rings. The van der Waals surface area contributed by atoms with E-state index in [1.165, 1.54) is 0 Å². The predicted octanol–water partition coefficient (Wildman–Crippen LogP) is 1.54. The topological polar surface area (TPSA) is 17.1 Å². The van der Waals surface area contributed by atoms with Gasteiger partial charge in [0.2, 0.25) is 0 Å². The van der Waals surface area contributed by atoms with E-state index in [-0.39, 0.29) is 0 Å². The Kier molecular flexibility index (Phi) is 1.47. The summed E-state index contributed by atoms with van der Waals surface area (Å²) in [4.78, 5) is 10.6. The van der Waals surface area contributed by atoms with E-state index in [0.717, 1.165) is 19.3 Å². The van der Waals surface area contributed by atoms with Crippen molar-refractivity contribution in [3.8, 4) is 0 Å². The molecule has 1 aliphatic rings. The maximum absolute atomic E-state index is 10.6. The zero-order chi connectivity index (χ0) is 5.98. The smallest absolute Gasteiger partial charge is 0.136 e. The third-order valence-corrected chi connectivity index (χ3v) is 1.65. The molecular weight excluding hydrogens is 100 g/mol. The fraction of sp³-hybridized carbons (Fsp3) is 0.571. The Morgan fingerprint density at radius 3 is 2.75 bits per heavy atom. The Morgan fingerprint density at radius 2 is 2.62 bits per heavy atom. The summed E-state index contributed by atoms with van der Waals surface area (Å²) in [5, 5.41) is 0. The van der Waals surface area contributed by atoms with E-state index in [1.54, 1.807) is 0 Å². The van der Waals surface area contributed by atoms with Gasteiger partial charge in [0, 0.05) is 12.3 Å². The van der Waals surface area contributed by atoms with Crippen LogP contribution in [0.1, 0.15) is 19.3 Å². The minimum Gasteiger partial charge on any atom is -0.299 e. The Labute approximate surface area is 49.4 Å². The van der Waals surface area contributed by atoms with E-state index < -0.39 is 0 Å². The molecule has 0 bridgehead atoms. The number of ketones is 1. The fourth-order valence-electron chi connectivity index (χ4n) is 0.917. The molecule has 1 rings (SSSR count). The zero-order valence-electron chi connectivity index (χ0n) is 4.89. The van der Waals surface area contributed by atoms with Gasteiger partial charge in [0.1, 0.15) is 5.78 Å². The number of hydrogen-bond donors (Lipinski definition) is 0. The average molecular weight is 110 g/mol. The Morgan fingerprint density at radius 1 is 1.88 bits per heavy atom. The van der Waals surface area contributed by atoms with Crippen molar-refractivity contribution < 1.29 is 4.79 Å². The van der Waals surface area contributed by atoms with Crippen molar-refractivity contribution in [2.45, 2.75) is 19.3 Å². The summed E-state index contributed by atoms with van der Waals surface area (Å²) in [6, 6.07) is 0. The molecule has 1 nitrogen and oxygen atoms in total. The summed E-state index contributed by atoms with van der Waals surface area (Å²) >= 11 is 0. The van der Waals surface area contributed by atoms with Crippen LogP contribution >= 0.6 is 0 Å². The van der Waals surface area contributed by atoms with E-state index in [2.05, 4.69) is 6.58 Å². The van der Waals surface area contributed by atoms with Gasteiger partial charge in [0.15, 0.2) is 0 Å². The third kappa shape index (κ3) is 0.808. The molecule has 0 spiro atoms. The maximum atomic E-state index is 10.6. The van der Waals surface area contributed by atoms with E-state index in [1.807, 2.05) is 6.08 Å². The van der Waals surface area contributed by atoms with Gasteiger partial charge in [-0.25, -0.2) is 0 Å². The molecular formula is C7H10O. The molecule has 44 valence electrons. The van der Waals surface area contributed by atoms with Crippen LogP contribution in [0.15, 0.2) is 12.7 Å². The van der Waals surface area contributed by atoms with Gasteiger partial charge in [-0.05, 0) is 12.8 Å². The van der Waals surface area contributed by atoms with Gasteiger partial charge >= 0.3 is 0 Å². The third-order valence-electron chi connectivity index (χ3n) is 1.65. The second kappa shape index (κ2) is 2.12. The minimum atomic E-state index is 0.340. The van der Waals surface area contributed by atoms with Crippen LogP contribution in [0.25, 0.3) is 0 Å². The number of Topliss-reactive ketones (excluding diaryl/α,β-unsaturated/α-hetero) is 1. The Bertz CT molecular complexity index is 116. The maximum Gasteiger partial charge on any atom is 0.136 e. The van der Waals surface area contributed by atoms with Crippen LogP contribution in [0.4, 0.5) is 0 Å². The van der Waals surface area contributed by atoms with E-state index >= 15 is 0 Å². The predicted molar refractivity (Wildman–Crippen MR) is 32.5 cm³/mol. The highest BCUT2D eigenvalue weighted by atomic mass is 16.1. The van der Waals surface area contributed by atoms with E-state index in [9.17, 15) is 4.79 Å². The van der Waals surface area contributed by atoms with Crippen molar-refractivity contribution >= 4 is 5.78 Å². The summed E-state index contributed by atoms with van der Waals surface area (Å²) in [5.41, 5.74) is 0. The second-order valence-corrected chi connectivity index (χ2v) is 2.23. The quantitative estimate of drug-likeness (QED) is 0.493. The summed E-state index contributed by atoms with van der Waals surface area (Å²) in [5.74, 6) is 0.761.